The second kappa shape index (κ2) is 6.09. The zero-order valence-corrected chi connectivity index (χ0v) is 14.2. The number of nitrogens with two attached hydrogens (primary N) is 1. The number of benzene rings is 1. The minimum atomic E-state index is 0.390. The Morgan fingerprint density at radius 1 is 1.29 bits per heavy atom. The summed E-state index contributed by atoms with van der Waals surface area (Å²) in [6.45, 7) is 15.3. The highest BCUT2D eigenvalue weighted by Crippen LogP contribution is 2.43. The minimum absolute atomic E-state index is 0.390. The molecule has 2 rings (SSSR count). The summed E-state index contributed by atoms with van der Waals surface area (Å²) >= 11 is 0. The van der Waals surface area contributed by atoms with Crippen LogP contribution in [0, 0.1) is 19.8 Å². The van der Waals surface area contributed by atoms with E-state index in [1.807, 2.05) is 0 Å². The van der Waals surface area contributed by atoms with Crippen molar-refractivity contribution in [3.8, 4) is 0 Å². The third-order valence-corrected chi connectivity index (χ3v) is 5.18. The lowest BCUT2D eigenvalue weighted by Crippen LogP contribution is -2.19. The van der Waals surface area contributed by atoms with E-state index in [0.29, 0.717) is 11.8 Å². The molecule has 0 amide bonds. The van der Waals surface area contributed by atoms with Gasteiger partial charge in [0.2, 0.25) is 0 Å². The van der Waals surface area contributed by atoms with Gasteiger partial charge in [0.15, 0.2) is 0 Å². The molecule has 0 bridgehead atoms. The highest BCUT2D eigenvalue weighted by molar-refractivity contribution is 5.60. The maximum Gasteiger partial charge on any atom is 0.0358 e. The zero-order valence-electron chi connectivity index (χ0n) is 14.2. The van der Waals surface area contributed by atoms with E-state index in [9.17, 15) is 0 Å². The molecule has 0 aromatic heterocycles. The molecule has 114 valence electrons. The second-order valence-electron chi connectivity index (χ2n) is 6.67. The van der Waals surface area contributed by atoms with Crippen LogP contribution in [0.15, 0.2) is 29.9 Å². The molecule has 1 aromatic rings. The van der Waals surface area contributed by atoms with E-state index in [2.05, 4.69) is 53.3 Å². The Morgan fingerprint density at radius 2 is 1.95 bits per heavy atom. The van der Waals surface area contributed by atoms with Crippen molar-refractivity contribution in [1.29, 1.82) is 0 Å². The summed E-state index contributed by atoms with van der Waals surface area (Å²) in [5, 5.41) is 0. The lowest BCUT2D eigenvalue weighted by atomic mass is 9.72. The van der Waals surface area contributed by atoms with E-state index in [0.717, 1.165) is 12.1 Å². The molecule has 0 radical (unpaired) electrons. The number of nitrogen functional groups attached to an aromatic ring is 1. The number of rotatable bonds is 3. The van der Waals surface area contributed by atoms with Crippen LogP contribution in [0.25, 0.3) is 0 Å². The van der Waals surface area contributed by atoms with Gasteiger partial charge in [0.25, 0.3) is 0 Å². The summed E-state index contributed by atoms with van der Waals surface area (Å²) in [4.78, 5) is 0. The summed E-state index contributed by atoms with van der Waals surface area (Å²) in [6.07, 6.45) is 5.84. The Labute approximate surface area is 129 Å². The van der Waals surface area contributed by atoms with Crippen molar-refractivity contribution in [3.63, 3.8) is 0 Å². The van der Waals surface area contributed by atoms with Crippen LogP contribution in [0.5, 0.6) is 0 Å². The van der Waals surface area contributed by atoms with E-state index >= 15 is 0 Å². The van der Waals surface area contributed by atoms with Crippen LogP contribution in [-0.2, 0) is 6.42 Å². The molecule has 2 unspecified atom stereocenters. The fourth-order valence-corrected chi connectivity index (χ4v) is 3.75. The van der Waals surface area contributed by atoms with Crippen LogP contribution in [0.1, 0.15) is 61.8 Å². The van der Waals surface area contributed by atoms with Crippen molar-refractivity contribution in [1.82, 2.24) is 0 Å². The van der Waals surface area contributed by atoms with Crippen LogP contribution < -0.4 is 5.73 Å². The summed E-state index contributed by atoms with van der Waals surface area (Å²) in [5.41, 5.74) is 15.6. The molecule has 21 heavy (non-hydrogen) atoms. The van der Waals surface area contributed by atoms with Gasteiger partial charge in [-0.25, -0.2) is 0 Å². The molecule has 1 nitrogen and oxygen atoms in total. The molecule has 1 aliphatic rings. The van der Waals surface area contributed by atoms with Crippen molar-refractivity contribution in [2.24, 2.45) is 5.92 Å². The molecule has 2 N–H and O–H groups in total. The average molecular weight is 283 g/mol. The Kier molecular flexibility index (Phi) is 4.61. The third-order valence-electron chi connectivity index (χ3n) is 5.18. The van der Waals surface area contributed by atoms with Crippen molar-refractivity contribution in [2.45, 2.75) is 59.8 Å². The summed E-state index contributed by atoms with van der Waals surface area (Å²) in [7, 11) is 0. The van der Waals surface area contributed by atoms with Crippen LogP contribution in [-0.4, -0.2) is 0 Å². The molecular formula is C20H29N. The van der Waals surface area contributed by atoms with Gasteiger partial charge < -0.3 is 5.73 Å². The monoisotopic (exact) mass is 283 g/mol. The lowest BCUT2D eigenvalue weighted by Gasteiger charge is -2.33. The predicted octanol–water partition coefficient (Wildman–Crippen LogP) is 5.46. The van der Waals surface area contributed by atoms with Crippen molar-refractivity contribution in [3.05, 3.63) is 52.1 Å². The van der Waals surface area contributed by atoms with Crippen LogP contribution in [0.4, 0.5) is 5.69 Å². The fraction of sp³-hybridized carbons (Fsp3) is 0.500. The molecule has 1 aromatic carbocycles. The van der Waals surface area contributed by atoms with E-state index in [-0.39, 0.29) is 0 Å². The smallest absolute Gasteiger partial charge is 0.0358 e. The van der Waals surface area contributed by atoms with E-state index in [1.165, 1.54) is 46.2 Å². The van der Waals surface area contributed by atoms with E-state index in [4.69, 9.17) is 5.73 Å². The molecule has 0 saturated carbocycles. The van der Waals surface area contributed by atoms with Gasteiger partial charge in [-0.05, 0) is 81.2 Å². The van der Waals surface area contributed by atoms with Crippen LogP contribution >= 0.6 is 0 Å². The van der Waals surface area contributed by atoms with Gasteiger partial charge in [-0.15, -0.1) is 0 Å². The quantitative estimate of drug-likeness (QED) is 0.578. The predicted molar refractivity (Wildman–Crippen MR) is 93.7 cm³/mol. The van der Waals surface area contributed by atoms with E-state index in [1.54, 1.807) is 0 Å². The minimum Gasteiger partial charge on any atom is -0.398 e. The highest BCUT2D eigenvalue weighted by atomic mass is 14.6. The normalized spacial score (nSPS) is 22.0. The molecular weight excluding hydrogens is 254 g/mol. The fourth-order valence-electron chi connectivity index (χ4n) is 3.75. The van der Waals surface area contributed by atoms with Gasteiger partial charge in [-0.3, -0.25) is 0 Å². The first-order chi connectivity index (χ1) is 9.86. The van der Waals surface area contributed by atoms with Crippen molar-refractivity contribution < 1.29 is 0 Å². The van der Waals surface area contributed by atoms with Crippen LogP contribution in [0.2, 0.25) is 0 Å². The number of anilines is 1. The SMILES string of the molecule is C=C(C)C1CCC(C)=CC1c1c(N)cc(CC)c(C)c1C. The summed E-state index contributed by atoms with van der Waals surface area (Å²) < 4.78 is 0. The molecule has 0 aliphatic heterocycles. The van der Waals surface area contributed by atoms with Gasteiger partial charge in [0, 0.05) is 11.6 Å². The van der Waals surface area contributed by atoms with Gasteiger partial charge in [-0.1, -0.05) is 30.7 Å². The Bertz CT molecular complexity index is 592. The zero-order chi connectivity index (χ0) is 15.7. The largest absolute Gasteiger partial charge is 0.398 e. The first kappa shape index (κ1) is 15.9. The molecule has 0 fully saturated rings. The Balaban J connectivity index is 2.61. The van der Waals surface area contributed by atoms with Crippen LogP contribution in [0.3, 0.4) is 0 Å². The van der Waals surface area contributed by atoms with Gasteiger partial charge in [-0.2, -0.15) is 0 Å². The van der Waals surface area contributed by atoms with Crippen molar-refractivity contribution >= 4 is 5.69 Å². The number of allylic oxidation sites excluding steroid dienone is 3. The van der Waals surface area contributed by atoms with Crippen molar-refractivity contribution in [2.75, 3.05) is 5.73 Å². The molecule has 2 atom stereocenters. The number of aryl methyl sites for hydroxylation is 1. The highest BCUT2D eigenvalue weighted by Gasteiger charge is 2.29. The maximum atomic E-state index is 6.45. The number of hydrogen-bond donors (Lipinski definition) is 1. The standard InChI is InChI=1S/C20H29N/c1-7-16-11-19(21)20(15(6)14(16)5)18-10-13(4)8-9-17(18)12(2)3/h10-11,17-18H,2,7-9,21H2,1,3-6H3. The Morgan fingerprint density at radius 3 is 2.52 bits per heavy atom. The van der Waals surface area contributed by atoms with Gasteiger partial charge in [0.05, 0.1) is 0 Å². The Hall–Kier alpha value is -1.50. The second-order valence-corrected chi connectivity index (χ2v) is 6.67. The molecule has 0 spiro atoms. The van der Waals surface area contributed by atoms with Gasteiger partial charge in [0.1, 0.15) is 0 Å². The summed E-state index contributed by atoms with van der Waals surface area (Å²) in [5.74, 6) is 0.905. The topological polar surface area (TPSA) is 26.0 Å². The molecule has 1 aliphatic carbocycles. The first-order valence-corrected chi connectivity index (χ1v) is 8.07. The molecule has 0 heterocycles. The number of hydrogen-bond acceptors (Lipinski definition) is 1. The van der Waals surface area contributed by atoms with Gasteiger partial charge >= 0.3 is 0 Å². The maximum absolute atomic E-state index is 6.45. The average Bonchev–Trinajstić information content (AvgIpc) is 2.42. The molecule has 0 saturated heterocycles. The first-order valence-electron chi connectivity index (χ1n) is 8.07. The van der Waals surface area contributed by atoms with E-state index < -0.39 is 0 Å². The third kappa shape index (κ3) is 2.92. The summed E-state index contributed by atoms with van der Waals surface area (Å²) in [6, 6.07) is 2.19. The lowest BCUT2D eigenvalue weighted by molar-refractivity contribution is 0.482. The molecule has 1 heteroatoms.